The molecule has 232 valence electrons. The average molecular weight is 595 g/mol. The fourth-order valence-electron chi connectivity index (χ4n) is 7.16. The predicted molar refractivity (Wildman–Crippen MR) is 174 cm³/mol. The molecule has 0 bridgehead atoms. The Morgan fingerprint density at radius 1 is 0.750 bits per heavy atom. The first-order valence-electron chi connectivity index (χ1n) is 16.2. The topological polar surface area (TPSA) is 86.9 Å². The highest BCUT2D eigenvalue weighted by Crippen LogP contribution is 2.43. The number of amides is 3. The predicted octanol–water partition coefficient (Wildman–Crippen LogP) is 5.35. The molecule has 2 aliphatic heterocycles. The number of likely N-dealkylation sites (N-methyl/N-ethyl adjacent to an activating group) is 1. The van der Waals surface area contributed by atoms with Crippen LogP contribution in [0, 0.1) is 5.92 Å². The summed E-state index contributed by atoms with van der Waals surface area (Å²) in [5.41, 5.74) is 8.42. The number of nitrogens with zero attached hydrogens (tertiary/aromatic N) is 3. The lowest BCUT2D eigenvalue weighted by atomic mass is 9.64. The second-order valence-electron chi connectivity index (χ2n) is 12.4. The number of fused-ring (bicyclic) bond motifs is 1. The highest BCUT2D eigenvalue weighted by molar-refractivity contribution is 6.21. The number of likely N-dealkylation sites (tertiary alicyclic amines) is 1. The molecule has 1 unspecified atom stereocenters. The van der Waals surface area contributed by atoms with Crippen LogP contribution in [0.15, 0.2) is 84.9 Å². The quantitative estimate of drug-likeness (QED) is 0.179. The van der Waals surface area contributed by atoms with Crippen LogP contribution in [0.1, 0.15) is 76.8 Å². The Bertz CT molecular complexity index is 1340. The number of unbranched alkanes of at least 4 members (excludes halogenated alkanes) is 5. The van der Waals surface area contributed by atoms with E-state index in [0.29, 0.717) is 24.2 Å². The van der Waals surface area contributed by atoms with E-state index in [0.717, 1.165) is 56.6 Å². The third-order valence-corrected chi connectivity index (χ3v) is 9.58. The van der Waals surface area contributed by atoms with Crippen LogP contribution in [-0.2, 0) is 10.2 Å². The van der Waals surface area contributed by atoms with E-state index < -0.39 is 5.41 Å². The van der Waals surface area contributed by atoms with Crippen molar-refractivity contribution in [2.24, 2.45) is 11.7 Å². The fourth-order valence-corrected chi connectivity index (χ4v) is 7.16. The summed E-state index contributed by atoms with van der Waals surface area (Å²) in [7, 11) is 2.06. The molecule has 2 N–H and O–H groups in total. The van der Waals surface area contributed by atoms with Gasteiger partial charge in [0.15, 0.2) is 0 Å². The van der Waals surface area contributed by atoms with Gasteiger partial charge in [0.05, 0.1) is 11.1 Å². The lowest BCUT2D eigenvalue weighted by molar-refractivity contribution is -0.123. The molecule has 5 rings (SSSR count). The van der Waals surface area contributed by atoms with E-state index in [2.05, 4.69) is 16.8 Å². The van der Waals surface area contributed by atoms with Crippen molar-refractivity contribution in [3.8, 4) is 0 Å². The molecule has 0 aromatic heterocycles. The maximum atomic E-state index is 13.3. The van der Waals surface area contributed by atoms with E-state index in [1.807, 2.05) is 60.7 Å². The van der Waals surface area contributed by atoms with Crippen LogP contribution in [-0.4, -0.2) is 78.7 Å². The number of imide groups is 1. The van der Waals surface area contributed by atoms with Crippen molar-refractivity contribution in [3.05, 3.63) is 107 Å². The number of carbonyl (C=O) groups excluding carboxylic acids is 3. The van der Waals surface area contributed by atoms with Gasteiger partial charge in [-0.2, -0.15) is 0 Å². The summed E-state index contributed by atoms with van der Waals surface area (Å²) >= 11 is 0. The van der Waals surface area contributed by atoms with Gasteiger partial charge in [0.2, 0.25) is 5.91 Å². The Balaban J connectivity index is 0.995. The SMILES string of the molecule is CN(CCCCCCCCN1CCC(C(C(N)=O)(c2ccccc2)c2ccccc2)C1)CCN1C(=O)c2ccccc2C1=O. The molecule has 3 amide bonds. The molecule has 0 saturated carbocycles. The molecule has 0 aliphatic carbocycles. The second-order valence-corrected chi connectivity index (χ2v) is 12.4. The van der Waals surface area contributed by atoms with Crippen molar-refractivity contribution < 1.29 is 14.4 Å². The van der Waals surface area contributed by atoms with Gasteiger partial charge in [0.25, 0.3) is 11.8 Å². The summed E-state index contributed by atoms with van der Waals surface area (Å²) in [6, 6.07) is 27.2. The number of hydrogen-bond donors (Lipinski definition) is 1. The van der Waals surface area contributed by atoms with Gasteiger partial charge in [-0.05, 0) is 75.1 Å². The normalized spacial score (nSPS) is 17.0. The van der Waals surface area contributed by atoms with Crippen molar-refractivity contribution in [1.29, 1.82) is 0 Å². The van der Waals surface area contributed by atoms with Crippen LogP contribution < -0.4 is 5.73 Å². The maximum absolute atomic E-state index is 13.3. The number of hydrogen-bond acceptors (Lipinski definition) is 5. The monoisotopic (exact) mass is 594 g/mol. The van der Waals surface area contributed by atoms with Crippen molar-refractivity contribution >= 4 is 17.7 Å². The van der Waals surface area contributed by atoms with Gasteiger partial charge in [0, 0.05) is 19.6 Å². The minimum absolute atomic E-state index is 0.138. The zero-order chi connectivity index (χ0) is 30.9. The Kier molecular flexibility index (Phi) is 10.6. The minimum Gasteiger partial charge on any atom is -0.369 e. The van der Waals surface area contributed by atoms with E-state index in [1.165, 1.54) is 30.6 Å². The Morgan fingerprint density at radius 2 is 1.27 bits per heavy atom. The van der Waals surface area contributed by atoms with E-state index in [9.17, 15) is 14.4 Å². The summed E-state index contributed by atoms with van der Waals surface area (Å²) in [6.07, 6.45) is 8.03. The molecular formula is C37H46N4O3. The Hall–Kier alpha value is -3.81. The first-order valence-corrected chi connectivity index (χ1v) is 16.2. The molecule has 0 radical (unpaired) electrons. The largest absolute Gasteiger partial charge is 0.369 e. The Labute approximate surface area is 262 Å². The zero-order valence-corrected chi connectivity index (χ0v) is 26.0. The first kappa shape index (κ1) is 31.6. The number of nitrogens with two attached hydrogens (primary N) is 1. The Morgan fingerprint density at radius 3 is 1.84 bits per heavy atom. The van der Waals surface area contributed by atoms with Crippen molar-refractivity contribution in [3.63, 3.8) is 0 Å². The molecule has 3 aromatic carbocycles. The highest BCUT2D eigenvalue weighted by Gasteiger charge is 2.49. The van der Waals surface area contributed by atoms with E-state index in [-0.39, 0.29) is 23.6 Å². The van der Waals surface area contributed by atoms with Crippen molar-refractivity contribution in [1.82, 2.24) is 14.7 Å². The average Bonchev–Trinajstić information content (AvgIpc) is 3.61. The fraction of sp³-hybridized carbons (Fsp3) is 0.432. The van der Waals surface area contributed by atoms with Crippen LogP contribution >= 0.6 is 0 Å². The summed E-state index contributed by atoms with van der Waals surface area (Å²) < 4.78 is 0. The number of primary amides is 1. The van der Waals surface area contributed by atoms with Crippen molar-refractivity contribution in [2.45, 2.75) is 50.4 Å². The second kappa shape index (κ2) is 14.8. The first-order chi connectivity index (χ1) is 21.4. The molecule has 1 fully saturated rings. The molecule has 0 spiro atoms. The van der Waals surface area contributed by atoms with Crippen LogP contribution in [0.25, 0.3) is 0 Å². The molecule has 2 heterocycles. The number of rotatable bonds is 16. The third-order valence-electron chi connectivity index (χ3n) is 9.58. The summed E-state index contributed by atoms with van der Waals surface area (Å²) in [5, 5.41) is 0. The molecule has 44 heavy (non-hydrogen) atoms. The smallest absolute Gasteiger partial charge is 0.261 e. The molecule has 7 heteroatoms. The van der Waals surface area contributed by atoms with Crippen LogP contribution in [0.5, 0.6) is 0 Å². The zero-order valence-electron chi connectivity index (χ0n) is 26.0. The van der Waals surface area contributed by atoms with Crippen molar-refractivity contribution in [2.75, 3.05) is 46.3 Å². The lowest BCUT2D eigenvalue weighted by Gasteiger charge is -2.37. The standard InChI is InChI=1S/C37H46N4O3/c1-39(26-27-41-34(42)32-20-12-13-21-33(32)35(41)43)23-14-4-2-3-5-15-24-40-25-22-31(28-40)37(36(38)44,29-16-8-6-9-17-29)30-18-10-7-11-19-30/h6-13,16-21,31H,2-5,14-15,22-28H2,1H3,(H2,38,44). The molecule has 1 atom stereocenters. The van der Waals surface area contributed by atoms with Gasteiger partial charge in [-0.1, -0.05) is 98.5 Å². The van der Waals surface area contributed by atoms with Gasteiger partial charge in [-0.3, -0.25) is 19.3 Å². The van der Waals surface area contributed by atoms with Crippen LogP contribution in [0.4, 0.5) is 0 Å². The summed E-state index contributed by atoms with van der Waals surface area (Å²) in [5.74, 6) is -0.485. The third kappa shape index (κ3) is 6.79. The van der Waals surface area contributed by atoms with Crippen LogP contribution in [0.2, 0.25) is 0 Å². The summed E-state index contributed by atoms with van der Waals surface area (Å²) in [4.78, 5) is 44.5. The lowest BCUT2D eigenvalue weighted by Crippen LogP contribution is -2.49. The van der Waals surface area contributed by atoms with Gasteiger partial charge < -0.3 is 15.5 Å². The van der Waals surface area contributed by atoms with Gasteiger partial charge in [-0.15, -0.1) is 0 Å². The van der Waals surface area contributed by atoms with E-state index in [4.69, 9.17) is 5.73 Å². The minimum atomic E-state index is -0.824. The van der Waals surface area contributed by atoms with Gasteiger partial charge >= 0.3 is 0 Å². The molecule has 7 nitrogen and oxygen atoms in total. The maximum Gasteiger partial charge on any atom is 0.261 e. The van der Waals surface area contributed by atoms with E-state index in [1.54, 1.807) is 24.3 Å². The number of carbonyl (C=O) groups is 3. The van der Waals surface area contributed by atoms with E-state index >= 15 is 0 Å². The van der Waals surface area contributed by atoms with Gasteiger partial charge in [-0.25, -0.2) is 0 Å². The van der Waals surface area contributed by atoms with Gasteiger partial charge in [0.1, 0.15) is 5.41 Å². The molecule has 3 aromatic rings. The summed E-state index contributed by atoms with van der Waals surface area (Å²) in [6.45, 7) is 5.00. The molecule has 1 saturated heterocycles. The molecular weight excluding hydrogens is 548 g/mol. The van der Waals surface area contributed by atoms with Crippen LogP contribution in [0.3, 0.4) is 0 Å². The highest BCUT2D eigenvalue weighted by atomic mass is 16.2. The molecule has 2 aliphatic rings. The number of benzene rings is 3.